The number of aryl methyl sites for hydroxylation is 1. The Morgan fingerprint density at radius 1 is 0.923 bits per heavy atom. The van der Waals surface area contributed by atoms with Gasteiger partial charge in [0.1, 0.15) is 6.04 Å². The number of rotatable bonds is 6. The van der Waals surface area contributed by atoms with Crippen LogP contribution in [-0.2, 0) is 4.79 Å². The third-order valence-electron chi connectivity index (χ3n) is 4.34. The van der Waals surface area contributed by atoms with Gasteiger partial charge in [0.2, 0.25) is 0 Å². The van der Waals surface area contributed by atoms with Crippen LogP contribution in [0.2, 0.25) is 0 Å². The van der Waals surface area contributed by atoms with Crippen LogP contribution in [0.1, 0.15) is 18.1 Å². The fourth-order valence-corrected chi connectivity index (χ4v) is 2.73. The van der Waals surface area contributed by atoms with Crippen LogP contribution >= 0.6 is 0 Å². The molecule has 0 fully saturated rings. The van der Waals surface area contributed by atoms with Crippen LogP contribution in [-0.4, -0.2) is 11.9 Å². The van der Waals surface area contributed by atoms with Crippen LogP contribution in [0.4, 0.5) is 5.69 Å². The second-order valence-corrected chi connectivity index (χ2v) is 6.34. The number of hydrogen-bond donors (Lipinski definition) is 3. The molecule has 1 atom stereocenters. The Balaban J connectivity index is 1.59. The molecule has 3 rings (SSSR count). The molecule has 0 aliphatic rings. The van der Waals surface area contributed by atoms with E-state index in [1.54, 1.807) is 0 Å². The maximum Gasteiger partial charge on any atom is 0.260 e. The number of fused-ring (bicyclic) bond motifs is 1. The minimum Gasteiger partial charge on any atom is -0.374 e. The first kappa shape index (κ1) is 17.5. The summed E-state index contributed by atoms with van der Waals surface area (Å²) in [7, 11) is 0. The van der Waals surface area contributed by atoms with Gasteiger partial charge in [-0.3, -0.25) is 15.6 Å². The van der Waals surface area contributed by atoms with Crippen molar-refractivity contribution in [3.63, 3.8) is 0 Å². The fraction of sp³-hybridized carbons (Fsp3) is 0.136. The van der Waals surface area contributed by atoms with Gasteiger partial charge >= 0.3 is 0 Å². The number of nitrogens with one attached hydrogen (secondary N) is 3. The van der Waals surface area contributed by atoms with E-state index in [0.29, 0.717) is 5.70 Å². The zero-order valence-corrected chi connectivity index (χ0v) is 15.0. The Kier molecular flexibility index (Phi) is 5.23. The van der Waals surface area contributed by atoms with Gasteiger partial charge in [0.15, 0.2) is 0 Å². The molecule has 132 valence electrons. The normalized spacial score (nSPS) is 11.6. The molecule has 1 amide bonds. The second kappa shape index (κ2) is 7.74. The van der Waals surface area contributed by atoms with Crippen molar-refractivity contribution in [2.75, 3.05) is 5.32 Å². The van der Waals surface area contributed by atoms with Gasteiger partial charge in [0.05, 0.1) is 5.70 Å². The highest BCUT2D eigenvalue weighted by atomic mass is 16.2. The van der Waals surface area contributed by atoms with Crippen molar-refractivity contribution in [1.29, 1.82) is 0 Å². The molecule has 0 saturated heterocycles. The molecular formula is C22H23N3O. The number of hydrogen-bond acceptors (Lipinski definition) is 3. The van der Waals surface area contributed by atoms with E-state index >= 15 is 0 Å². The van der Waals surface area contributed by atoms with Crippen LogP contribution in [0.15, 0.2) is 73.3 Å². The van der Waals surface area contributed by atoms with E-state index in [9.17, 15) is 4.79 Å². The van der Waals surface area contributed by atoms with Crippen LogP contribution < -0.4 is 16.2 Å². The molecule has 4 heteroatoms. The largest absolute Gasteiger partial charge is 0.374 e. The molecule has 0 heterocycles. The molecule has 1 unspecified atom stereocenters. The molecule has 3 aromatic rings. The standard InChI is InChI=1S/C22H23N3O/c1-15-8-4-7-11-21(15)23-17(3)22(26)25-24-16(2)19-13-12-18-9-5-6-10-20(18)14-19/h4-14,17,23-24H,2H2,1,3H3,(H,25,26). The predicted molar refractivity (Wildman–Crippen MR) is 109 cm³/mol. The number of carbonyl (C=O) groups excluding carboxylic acids is 1. The van der Waals surface area contributed by atoms with E-state index in [1.165, 1.54) is 5.39 Å². The zero-order chi connectivity index (χ0) is 18.5. The highest BCUT2D eigenvalue weighted by Gasteiger charge is 2.13. The number of benzene rings is 3. The molecule has 4 nitrogen and oxygen atoms in total. The third-order valence-corrected chi connectivity index (χ3v) is 4.34. The lowest BCUT2D eigenvalue weighted by Gasteiger charge is -2.18. The van der Waals surface area contributed by atoms with Gasteiger partial charge in [0, 0.05) is 5.69 Å². The van der Waals surface area contributed by atoms with E-state index in [2.05, 4.69) is 34.9 Å². The summed E-state index contributed by atoms with van der Waals surface area (Å²) in [5, 5.41) is 5.52. The van der Waals surface area contributed by atoms with Crippen molar-refractivity contribution in [3.05, 3.63) is 84.4 Å². The number of hydrazine groups is 1. The number of anilines is 1. The Morgan fingerprint density at radius 3 is 2.38 bits per heavy atom. The molecule has 0 aromatic heterocycles. The predicted octanol–water partition coefficient (Wildman–Crippen LogP) is 4.24. The second-order valence-electron chi connectivity index (χ2n) is 6.34. The van der Waals surface area contributed by atoms with E-state index < -0.39 is 0 Å². The molecule has 3 aromatic carbocycles. The molecule has 3 N–H and O–H groups in total. The van der Waals surface area contributed by atoms with Crippen molar-refractivity contribution in [3.8, 4) is 0 Å². The summed E-state index contributed by atoms with van der Waals surface area (Å²) in [6, 6.07) is 21.7. The van der Waals surface area contributed by atoms with Gasteiger partial charge in [0.25, 0.3) is 5.91 Å². The average Bonchev–Trinajstić information content (AvgIpc) is 2.67. The Hall–Kier alpha value is -3.27. The first-order valence-corrected chi connectivity index (χ1v) is 8.61. The SMILES string of the molecule is C=C(NNC(=O)C(C)Nc1ccccc1C)c1ccc2ccccc2c1. The number of amides is 1. The van der Waals surface area contributed by atoms with Gasteiger partial charge in [-0.25, -0.2) is 0 Å². The summed E-state index contributed by atoms with van der Waals surface area (Å²) in [6.45, 7) is 7.84. The van der Waals surface area contributed by atoms with Crippen LogP contribution in [0, 0.1) is 6.92 Å². The highest BCUT2D eigenvalue weighted by Crippen LogP contribution is 2.19. The quantitative estimate of drug-likeness (QED) is 0.586. The molecule has 0 bridgehead atoms. The smallest absolute Gasteiger partial charge is 0.260 e. The third kappa shape index (κ3) is 4.03. The average molecular weight is 345 g/mol. The fourth-order valence-electron chi connectivity index (χ4n) is 2.73. The molecule has 26 heavy (non-hydrogen) atoms. The molecule has 0 aliphatic carbocycles. The van der Waals surface area contributed by atoms with Crippen molar-refractivity contribution >= 4 is 28.1 Å². The summed E-state index contributed by atoms with van der Waals surface area (Å²) in [6.07, 6.45) is 0. The monoisotopic (exact) mass is 345 g/mol. The topological polar surface area (TPSA) is 53.2 Å². The maximum absolute atomic E-state index is 12.3. The van der Waals surface area contributed by atoms with Gasteiger partial charge in [-0.05, 0) is 47.9 Å². The van der Waals surface area contributed by atoms with Crippen molar-refractivity contribution in [2.24, 2.45) is 0 Å². The van der Waals surface area contributed by atoms with Crippen LogP contribution in [0.5, 0.6) is 0 Å². The van der Waals surface area contributed by atoms with Crippen molar-refractivity contribution < 1.29 is 4.79 Å². The van der Waals surface area contributed by atoms with Gasteiger partial charge in [-0.2, -0.15) is 0 Å². The summed E-state index contributed by atoms with van der Waals surface area (Å²) < 4.78 is 0. The first-order valence-electron chi connectivity index (χ1n) is 8.61. The number of carbonyl (C=O) groups is 1. The minimum atomic E-state index is -0.381. The molecule has 0 spiro atoms. The summed E-state index contributed by atoms with van der Waals surface area (Å²) >= 11 is 0. The van der Waals surface area contributed by atoms with Crippen LogP contribution in [0.25, 0.3) is 16.5 Å². The Bertz CT molecular complexity index is 949. The molecular weight excluding hydrogens is 322 g/mol. The zero-order valence-electron chi connectivity index (χ0n) is 15.0. The van der Waals surface area contributed by atoms with Crippen molar-refractivity contribution in [1.82, 2.24) is 10.9 Å². The van der Waals surface area contributed by atoms with Gasteiger partial charge in [-0.15, -0.1) is 0 Å². The maximum atomic E-state index is 12.3. The molecule has 0 saturated carbocycles. The van der Waals surface area contributed by atoms with Gasteiger partial charge in [-0.1, -0.05) is 61.2 Å². The van der Waals surface area contributed by atoms with E-state index in [0.717, 1.165) is 22.2 Å². The molecule has 0 radical (unpaired) electrons. The highest BCUT2D eigenvalue weighted by molar-refractivity contribution is 5.87. The summed E-state index contributed by atoms with van der Waals surface area (Å²) in [5.74, 6) is -0.157. The van der Waals surface area contributed by atoms with Crippen LogP contribution in [0.3, 0.4) is 0 Å². The lowest BCUT2D eigenvalue weighted by Crippen LogP contribution is -2.44. The number of para-hydroxylation sites is 1. The summed E-state index contributed by atoms with van der Waals surface area (Å²) in [5.41, 5.74) is 9.25. The lowest BCUT2D eigenvalue weighted by atomic mass is 10.1. The summed E-state index contributed by atoms with van der Waals surface area (Å²) in [4.78, 5) is 12.3. The Morgan fingerprint density at radius 2 is 1.62 bits per heavy atom. The van der Waals surface area contributed by atoms with Crippen molar-refractivity contribution in [2.45, 2.75) is 19.9 Å². The van der Waals surface area contributed by atoms with E-state index in [1.807, 2.05) is 68.4 Å². The first-order chi connectivity index (χ1) is 12.5. The minimum absolute atomic E-state index is 0.157. The van der Waals surface area contributed by atoms with E-state index in [4.69, 9.17) is 0 Å². The lowest BCUT2D eigenvalue weighted by molar-refractivity contribution is -0.122. The molecule has 0 aliphatic heterocycles. The van der Waals surface area contributed by atoms with E-state index in [-0.39, 0.29) is 11.9 Å². The van der Waals surface area contributed by atoms with Gasteiger partial charge < -0.3 is 5.32 Å². The Labute approximate surface area is 153 Å².